The molecule has 0 unspecified atom stereocenters. The lowest BCUT2D eigenvalue weighted by Gasteiger charge is -2.10. The molecule has 0 radical (unpaired) electrons. The van der Waals surface area contributed by atoms with Gasteiger partial charge in [-0.05, 0) is 77.5 Å². The van der Waals surface area contributed by atoms with Gasteiger partial charge >= 0.3 is 0 Å². The van der Waals surface area contributed by atoms with E-state index in [-0.39, 0.29) is 0 Å². The molecule has 0 amide bonds. The summed E-state index contributed by atoms with van der Waals surface area (Å²) in [6.07, 6.45) is 0. The summed E-state index contributed by atoms with van der Waals surface area (Å²) in [7, 11) is 0. The fraction of sp³-hybridized carbons (Fsp3) is 0.250. The van der Waals surface area contributed by atoms with Crippen molar-refractivity contribution in [3.8, 4) is 11.5 Å². The van der Waals surface area contributed by atoms with Gasteiger partial charge in [0.2, 0.25) is 0 Å². The molecule has 2 nitrogen and oxygen atoms in total. The fourth-order valence-electron chi connectivity index (χ4n) is 1.83. The highest BCUT2D eigenvalue weighted by atomic mass is 127. The molecule has 1 N–H and O–H groups in total. The van der Waals surface area contributed by atoms with Crippen molar-refractivity contribution < 1.29 is 4.74 Å². The SMILES string of the molecule is CCNCc1ccc(Oc2ccc(I)cc2)c(C)c1. The van der Waals surface area contributed by atoms with E-state index in [0.717, 1.165) is 30.2 Å². The van der Waals surface area contributed by atoms with E-state index in [0.29, 0.717) is 0 Å². The number of halogens is 1. The Labute approximate surface area is 128 Å². The third-order valence-electron chi connectivity index (χ3n) is 2.86. The van der Waals surface area contributed by atoms with E-state index in [1.54, 1.807) is 0 Å². The minimum absolute atomic E-state index is 0.878. The number of hydrogen-bond donors (Lipinski definition) is 1. The van der Waals surface area contributed by atoms with Crippen LogP contribution in [-0.2, 0) is 6.54 Å². The van der Waals surface area contributed by atoms with Crippen molar-refractivity contribution in [2.24, 2.45) is 0 Å². The molecule has 0 aromatic heterocycles. The van der Waals surface area contributed by atoms with E-state index >= 15 is 0 Å². The maximum absolute atomic E-state index is 5.90. The normalized spacial score (nSPS) is 10.5. The Bertz CT molecular complexity index is 537. The topological polar surface area (TPSA) is 21.3 Å². The molecule has 100 valence electrons. The van der Waals surface area contributed by atoms with E-state index in [9.17, 15) is 0 Å². The molecule has 2 aromatic rings. The molecule has 0 saturated heterocycles. The van der Waals surface area contributed by atoms with Crippen LogP contribution in [0.25, 0.3) is 0 Å². The molecule has 0 fully saturated rings. The van der Waals surface area contributed by atoms with Crippen LogP contribution in [-0.4, -0.2) is 6.54 Å². The maximum atomic E-state index is 5.90. The van der Waals surface area contributed by atoms with Crippen molar-refractivity contribution in [2.75, 3.05) is 6.54 Å². The lowest BCUT2D eigenvalue weighted by Crippen LogP contribution is -2.11. The Morgan fingerprint density at radius 1 is 1.11 bits per heavy atom. The molecule has 2 aromatic carbocycles. The van der Waals surface area contributed by atoms with E-state index in [1.165, 1.54) is 9.13 Å². The van der Waals surface area contributed by atoms with Crippen LogP contribution in [0.3, 0.4) is 0 Å². The standard InChI is InChI=1S/C16H18INO/c1-3-18-11-13-4-9-16(12(2)10-13)19-15-7-5-14(17)6-8-15/h4-10,18H,3,11H2,1-2H3. The smallest absolute Gasteiger partial charge is 0.130 e. The monoisotopic (exact) mass is 367 g/mol. The Balaban J connectivity index is 2.10. The number of benzene rings is 2. The van der Waals surface area contributed by atoms with E-state index in [2.05, 4.69) is 53.9 Å². The predicted molar refractivity (Wildman–Crippen MR) is 87.8 cm³/mol. The zero-order valence-corrected chi connectivity index (χ0v) is 13.4. The van der Waals surface area contributed by atoms with Gasteiger partial charge in [-0.15, -0.1) is 0 Å². The summed E-state index contributed by atoms with van der Waals surface area (Å²) in [6.45, 7) is 6.08. The van der Waals surface area contributed by atoms with Crippen molar-refractivity contribution in [1.82, 2.24) is 5.32 Å². The maximum Gasteiger partial charge on any atom is 0.130 e. The van der Waals surface area contributed by atoms with Crippen LogP contribution >= 0.6 is 22.6 Å². The first kappa shape index (κ1) is 14.3. The molecule has 0 heterocycles. The molecule has 0 aliphatic heterocycles. The second kappa shape index (κ2) is 6.91. The summed E-state index contributed by atoms with van der Waals surface area (Å²) < 4.78 is 7.11. The van der Waals surface area contributed by atoms with Crippen LogP contribution in [0.1, 0.15) is 18.1 Å². The number of rotatable bonds is 5. The van der Waals surface area contributed by atoms with Crippen molar-refractivity contribution in [1.29, 1.82) is 0 Å². The molecule has 0 aliphatic carbocycles. The number of hydrogen-bond acceptors (Lipinski definition) is 2. The first-order valence-electron chi connectivity index (χ1n) is 6.42. The van der Waals surface area contributed by atoms with E-state index in [4.69, 9.17) is 4.74 Å². The minimum atomic E-state index is 0.878. The lowest BCUT2D eigenvalue weighted by atomic mass is 10.1. The number of aryl methyl sites for hydroxylation is 1. The highest BCUT2D eigenvalue weighted by Crippen LogP contribution is 2.26. The van der Waals surface area contributed by atoms with Gasteiger partial charge in [0.05, 0.1) is 0 Å². The first-order chi connectivity index (χ1) is 9.19. The van der Waals surface area contributed by atoms with Crippen LogP contribution in [0, 0.1) is 10.5 Å². The molecule has 0 spiro atoms. The minimum Gasteiger partial charge on any atom is -0.457 e. The summed E-state index contributed by atoms with van der Waals surface area (Å²) >= 11 is 2.29. The van der Waals surface area contributed by atoms with Gasteiger partial charge in [-0.3, -0.25) is 0 Å². The summed E-state index contributed by atoms with van der Waals surface area (Å²) in [4.78, 5) is 0. The Morgan fingerprint density at radius 2 is 1.84 bits per heavy atom. The van der Waals surface area contributed by atoms with Crippen LogP contribution in [0.5, 0.6) is 11.5 Å². The van der Waals surface area contributed by atoms with Crippen molar-refractivity contribution in [2.45, 2.75) is 20.4 Å². The molecule has 19 heavy (non-hydrogen) atoms. The van der Waals surface area contributed by atoms with Gasteiger partial charge < -0.3 is 10.1 Å². The van der Waals surface area contributed by atoms with Crippen molar-refractivity contribution in [3.63, 3.8) is 0 Å². The van der Waals surface area contributed by atoms with Crippen molar-refractivity contribution >= 4 is 22.6 Å². The molecule has 3 heteroatoms. The largest absolute Gasteiger partial charge is 0.457 e. The summed E-state index contributed by atoms with van der Waals surface area (Å²) in [6, 6.07) is 14.4. The van der Waals surface area contributed by atoms with Crippen molar-refractivity contribution in [3.05, 3.63) is 57.2 Å². The molecular weight excluding hydrogens is 349 g/mol. The molecule has 2 rings (SSSR count). The second-order valence-electron chi connectivity index (χ2n) is 4.44. The number of nitrogens with one attached hydrogen (secondary N) is 1. The highest BCUT2D eigenvalue weighted by Gasteiger charge is 2.03. The second-order valence-corrected chi connectivity index (χ2v) is 5.68. The van der Waals surface area contributed by atoms with Gasteiger partial charge in [0, 0.05) is 10.1 Å². The number of ether oxygens (including phenoxy) is 1. The Hall–Kier alpha value is -1.07. The Kier molecular flexibility index (Phi) is 5.22. The van der Waals surface area contributed by atoms with Gasteiger partial charge in [-0.25, -0.2) is 0 Å². The first-order valence-corrected chi connectivity index (χ1v) is 7.50. The van der Waals surface area contributed by atoms with Gasteiger partial charge in [-0.1, -0.05) is 19.1 Å². The van der Waals surface area contributed by atoms with Crippen LogP contribution in [0.2, 0.25) is 0 Å². The lowest BCUT2D eigenvalue weighted by molar-refractivity contribution is 0.478. The van der Waals surface area contributed by atoms with E-state index in [1.807, 2.05) is 30.3 Å². The molecule has 0 atom stereocenters. The molecule has 0 aliphatic rings. The third kappa shape index (κ3) is 4.21. The van der Waals surface area contributed by atoms with Crippen LogP contribution in [0.4, 0.5) is 0 Å². The summed E-state index contributed by atoms with van der Waals surface area (Å²) in [5.74, 6) is 1.80. The zero-order valence-electron chi connectivity index (χ0n) is 11.2. The fourth-order valence-corrected chi connectivity index (χ4v) is 2.19. The molecular formula is C16H18INO. The highest BCUT2D eigenvalue weighted by molar-refractivity contribution is 14.1. The average molecular weight is 367 g/mol. The van der Waals surface area contributed by atoms with E-state index < -0.39 is 0 Å². The summed E-state index contributed by atoms with van der Waals surface area (Å²) in [5.41, 5.74) is 2.45. The molecule has 0 saturated carbocycles. The van der Waals surface area contributed by atoms with Gasteiger partial charge in [0.25, 0.3) is 0 Å². The third-order valence-corrected chi connectivity index (χ3v) is 3.58. The average Bonchev–Trinajstić information content (AvgIpc) is 2.41. The van der Waals surface area contributed by atoms with Gasteiger partial charge in [0.1, 0.15) is 11.5 Å². The predicted octanol–water partition coefficient (Wildman–Crippen LogP) is 4.50. The molecule has 0 bridgehead atoms. The zero-order chi connectivity index (χ0) is 13.7. The van der Waals surface area contributed by atoms with Gasteiger partial charge in [-0.2, -0.15) is 0 Å². The van der Waals surface area contributed by atoms with Crippen LogP contribution in [0.15, 0.2) is 42.5 Å². The Morgan fingerprint density at radius 3 is 2.47 bits per heavy atom. The quantitative estimate of drug-likeness (QED) is 0.786. The van der Waals surface area contributed by atoms with Crippen LogP contribution < -0.4 is 10.1 Å². The van der Waals surface area contributed by atoms with Gasteiger partial charge in [0.15, 0.2) is 0 Å². The summed E-state index contributed by atoms with van der Waals surface area (Å²) in [5, 5.41) is 3.33.